The van der Waals surface area contributed by atoms with Crippen LogP contribution in [0.3, 0.4) is 0 Å². The van der Waals surface area contributed by atoms with E-state index in [0.29, 0.717) is 32.6 Å². The third-order valence-electron chi connectivity index (χ3n) is 4.56. The van der Waals surface area contributed by atoms with E-state index >= 15 is 0 Å². The van der Waals surface area contributed by atoms with Crippen molar-refractivity contribution in [1.82, 2.24) is 9.80 Å². The Labute approximate surface area is 136 Å². The first-order chi connectivity index (χ1) is 10.8. The molecule has 0 spiro atoms. The molecule has 0 unspecified atom stereocenters. The predicted molar refractivity (Wildman–Crippen MR) is 90.7 cm³/mol. The standard InChI is InChI=1S/C18H34N2O2/c1-2-3-4-5-6-7-8-9-10-11-12-18(22)20-15-13-19(17-21)14-16-20/h17H,2-16H2,1H3. The van der Waals surface area contributed by atoms with Gasteiger partial charge < -0.3 is 9.80 Å². The van der Waals surface area contributed by atoms with Gasteiger partial charge in [-0.3, -0.25) is 9.59 Å². The molecule has 0 atom stereocenters. The fourth-order valence-electron chi connectivity index (χ4n) is 3.00. The highest BCUT2D eigenvalue weighted by atomic mass is 16.2. The molecule has 1 aliphatic rings. The highest BCUT2D eigenvalue weighted by molar-refractivity contribution is 5.76. The van der Waals surface area contributed by atoms with E-state index in [-0.39, 0.29) is 5.91 Å². The normalized spacial score (nSPS) is 15.1. The molecule has 4 heteroatoms. The second-order valence-corrected chi connectivity index (χ2v) is 6.45. The van der Waals surface area contributed by atoms with E-state index in [0.717, 1.165) is 12.8 Å². The van der Waals surface area contributed by atoms with Gasteiger partial charge in [-0.25, -0.2) is 0 Å². The van der Waals surface area contributed by atoms with Crippen LogP contribution < -0.4 is 0 Å². The average molecular weight is 310 g/mol. The molecule has 0 saturated carbocycles. The van der Waals surface area contributed by atoms with Crippen LogP contribution in [0.5, 0.6) is 0 Å². The van der Waals surface area contributed by atoms with E-state index in [1.165, 1.54) is 57.8 Å². The van der Waals surface area contributed by atoms with Crippen molar-refractivity contribution in [3.63, 3.8) is 0 Å². The number of hydrogen-bond acceptors (Lipinski definition) is 2. The molecule has 128 valence electrons. The van der Waals surface area contributed by atoms with E-state index in [1.54, 1.807) is 4.90 Å². The van der Waals surface area contributed by atoms with E-state index < -0.39 is 0 Å². The summed E-state index contributed by atoms with van der Waals surface area (Å²) in [6.45, 7) is 5.04. The Morgan fingerprint density at radius 1 is 0.818 bits per heavy atom. The fourth-order valence-corrected chi connectivity index (χ4v) is 3.00. The van der Waals surface area contributed by atoms with Crippen LogP contribution in [0, 0.1) is 0 Å². The van der Waals surface area contributed by atoms with Crippen LogP contribution in [0.2, 0.25) is 0 Å². The van der Waals surface area contributed by atoms with Gasteiger partial charge in [0, 0.05) is 32.6 Å². The Kier molecular flexibility index (Phi) is 10.8. The third-order valence-corrected chi connectivity index (χ3v) is 4.56. The maximum Gasteiger partial charge on any atom is 0.222 e. The molecule has 1 fully saturated rings. The highest BCUT2D eigenvalue weighted by Gasteiger charge is 2.19. The molecule has 2 amide bonds. The maximum absolute atomic E-state index is 12.0. The smallest absolute Gasteiger partial charge is 0.222 e. The molecule has 1 saturated heterocycles. The number of hydrogen-bond donors (Lipinski definition) is 0. The zero-order valence-corrected chi connectivity index (χ0v) is 14.4. The Hall–Kier alpha value is -1.06. The first-order valence-corrected chi connectivity index (χ1v) is 9.25. The van der Waals surface area contributed by atoms with Crippen molar-refractivity contribution in [2.24, 2.45) is 0 Å². The Balaban J connectivity index is 1.90. The van der Waals surface area contributed by atoms with Gasteiger partial charge in [-0.05, 0) is 6.42 Å². The van der Waals surface area contributed by atoms with Gasteiger partial charge in [-0.2, -0.15) is 0 Å². The molecule has 0 aliphatic carbocycles. The summed E-state index contributed by atoms with van der Waals surface area (Å²) in [6.07, 6.45) is 14.5. The zero-order valence-electron chi connectivity index (χ0n) is 14.4. The zero-order chi connectivity index (χ0) is 16.0. The van der Waals surface area contributed by atoms with Gasteiger partial charge in [0.1, 0.15) is 0 Å². The molecule has 0 aromatic rings. The minimum absolute atomic E-state index is 0.269. The number of unbranched alkanes of at least 4 members (excludes halogenated alkanes) is 9. The number of carbonyl (C=O) groups excluding carboxylic acids is 2. The van der Waals surface area contributed by atoms with Crippen molar-refractivity contribution in [3.8, 4) is 0 Å². The summed E-state index contributed by atoms with van der Waals surface area (Å²) in [5.41, 5.74) is 0. The molecule has 0 bridgehead atoms. The second-order valence-electron chi connectivity index (χ2n) is 6.45. The third kappa shape index (κ3) is 8.40. The van der Waals surface area contributed by atoms with E-state index in [2.05, 4.69) is 6.92 Å². The molecule has 0 N–H and O–H groups in total. The summed E-state index contributed by atoms with van der Waals surface area (Å²) >= 11 is 0. The van der Waals surface area contributed by atoms with Crippen molar-refractivity contribution in [3.05, 3.63) is 0 Å². The topological polar surface area (TPSA) is 40.6 Å². The van der Waals surface area contributed by atoms with E-state index in [4.69, 9.17) is 0 Å². The molecule has 1 aliphatic heterocycles. The first kappa shape index (κ1) is 19.0. The van der Waals surface area contributed by atoms with Crippen molar-refractivity contribution >= 4 is 12.3 Å². The van der Waals surface area contributed by atoms with Crippen LogP contribution >= 0.6 is 0 Å². The second kappa shape index (κ2) is 12.5. The lowest BCUT2D eigenvalue weighted by Gasteiger charge is -2.32. The lowest BCUT2D eigenvalue weighted by Crippen LogP contribution is -2.48. The fraction of sp³-hybridized carbons (Fsp3) is 0.889. The average Bonchev–Trinajstić information content (AvgIpc) is 2.56. The molecule has 0 aromatic carbocycles. The Bertz CT molecular complexity index is 299. The summed E-state index contributed by atoms with van der Waals surface area (Å²) < 4.78 is 0. The monoisotopic (exact) mass is 310 g/mol. The van der Waals surface area contributed by atoms with Gasteiger partial charge in [0.25, 0.3) is 0 Å². The van der Waals surface area contributed by atoms with Gasteiger partial charge in [0.15, 0.2) is 0 Å². The van der Waals surface area contributed by atoms with Crippen molar-refractivity contribution < 1.29 is 9.59 Å². The van der Waals surface area contributed by atoms with Gasteiger partial charge >= 0.3 is 0 Å². The lowest BCUT2D eigenvalue weighted by molar-refractivity contribution is -0.135. The predicted octanol–water partition coefficient (Wildman–Crippen LogP) is 3.60. The van der Waals surface area contributed by atoms with Crippen LogP contribution in [-0.2, 0) is 9.59 Å². The Morgan fingerprint density at radius 2 is 1.32 bits per heavy atom. The van der Waals surface area contributed by atoms with Crippen LogP contribution in [0.4, 0.5) is 0 Å². The molecule has 1 heterocycles. The summed E-state index contributed by atoms with van der Waals surface area (Å²) in [5, 5.41) is 0. The lowest BCUT2D eigenvalue weighted by atomic mass is 10.1. The number of nitrogens with zero attached hydrogens (tertiary/aromatic N) is 2. The SMILES string of the molecule is CCCCCCCCCCCCC(=O)N1CCN(C=O)CC1. The van der Waals surface area contributed by atoms with Crippen LogP contribution in [0.1, 0.15) is 77.6 Å². The summed E-state index contributed by atoms with van der Waals surface area (Å²) in [7, 11) is 0. The van der Waals surface area contributed by atoms with Crippen molar-refractivity contribution in [1.29, 1.82) is 0 Å². The minimum Gasteiger partial charge on any atom is -0.342 e. The van der Waals surface area contributed by atoms with Gasteiger partial charge in [-0.1, -0.05) is 64.7 Å². The summed E-state index contributed by atoms with van der Waals surface area (Å²) in [6, 6.07) is 0. The largest absolute Gasteiger partial charge is 0.342 e. The van der Waals surface area contributed by atoms with Crippen LogP contribution in [0.15, 0.2) is 0 Å². The number of amides is 2. The summed E-state index contributed by atoms with van der Waals surface area (Å²) in [5.74, 6) is 0.269. The molecule has 0 aromatic heterocycles. The van der Waals surface area contributed by atoms with E-state index in [9.17, 15) is 9.59 Å². The molecule has 22 heavy (non-hydrogen) atoms. The van der Waals surface area contributed by atoms with Crippen LogP contribution in [-0.4, -0.2) is 48.3 Å². The molecule has 0 radical (unpaired) electrons. The quantitative estimate of drug-likeness (QED) is 0.408. The van der Waals surface area contributed by atoms with Crippen LogP contribution in [0.25, 0.3) is 0 Å². The highest BCUT2D eigenvalue weighted by Crippen LogP contribution is 2.12. The molecular formula is C18H34N2O2. The number of carbonyl (C=O) groups is 2. The van der Waals surface area contributed by atoms with E-state index in [1.807, 2.05) is 4.90 Å². The number of piperazine rings is 1. The Morgan fingerprint density at radius 3 is 1.82 bits per heavy atom. The molecule has 4 nitrogen and oxygen atoms in total. The van der Waals surface area contributed by atoms with Gasteiger partial charge in [0.05, 0.1) is 0 Å². The van der Waals surface area contributed by atoms with Gasteiger partial charge in [0.2, 0.25) is 12.3 Å². The van der Waals surface area contributed by atoms with Crippen molar-refractivity contribution in [2.45, 2.75) is 77.6 Å². The van der Waals surface area contributed by atoms with Gasteiger partial charge in [-0.15, -0.1) is 0 Å². The minimum atomic E-state index is 0.269. The van der Waals surface area contributed by atoms with Crippen molar-refractivity contribution in [2.75, 3.05) is 26.2 Å². The molecule has 1 rings (SSSR count). The number of rotatable bonds is 12. The first-order valence-electron chi connectivity index (χ1n) is 9.25. The summed E-state index contributed by atoms with van der Waals surface area (Å²) in [4.78, 5) is 26.3. The maximum atomic E-state index is 12.0. The molecular weight excluding hydrogens is 276 g/mol.